The van der Waals surface area contributed by atoms with E-state index in [1.807, 2.05) is 11.9 Å². The summed E-state index contributed by atoms with van der Waals surface area (Å²) in [6, 6.07) is 0. The Morgan fingerprint density at radius 1 is 1.29 bits per heavy atom. The molecule has 0 bridgehead atoms. The van der Waals surface area contributed by atoms with Crippen molar-refractivity contribution in [2.75, 3.05) is 39.8 Å². The van der Waals surface area contributed by atoms with Gasteiger partial charge in [0.05, 0.1) is 5.57 Å². The van der Waals surface area contributed by atoms with Gasteiger partial charge in [-0.25, -0.2) is 0 Å². The van der Waals surface area contributed by atoms with Crippen LogP contribution in [0.25, 0.3) is 0 Å². The maximum absolute atomic E-state index is 13.1. The highest BCUT2D eigenvalue weighted by atomic mass is 19.4. The summed E-state index contributed by atoms with van der Waals surface area (Å²) in [5.74, 6) is 2.20. The Labute approximate surface area is 124 Å². The third-order valence-corrected chi connectivity index (χ3v) is 3.37. The predicted molar refractivity (Wildman–Crippen MR) is 78.4 cm³/mol. The molecule has 6 heteroatoms. The molecule has 1 aliphatic rings. The summed E-state index contributed by atoms with van der Waals surface area (Å²) in [5, 5.41) is 0. The zero-order valence-electron chi connectivity index (χ0n) is 12.5. The highest BCUT2D eigenvalue weighted by Gasteiger charge is 2.35. The van der Waals surface area contributed by atoms with Crippen LogP contribution < -0.4 is 5.73 Å². The number of alkyl halides is 3. The molecule has 3 nitrogen and oxygen atoms in total. The Bertz CT molecular complexity index is 454. The van der Waals surface area contributed by atoms with Crippen LogP contribution in [-0.2, 0) is 0 Å². The van der Waals surface area contributed by atoms with E-state index in [0.29, 0.717) is 6.54 Å². The van der Waals surface area contributed by atoms with Gasteiger partial charge in [-0.05, 0) is 39.6 Å². The summed E-state index contributed by atoms with van der Waals surface area (Å²) < 4.78 is 39.4. The number of hydrogen-bond donors (Lipinski definition) is 1. The fourth-order valence-electron chi connectivity index (χ4n) is 2.26. The number of halogens is 3. The van der Waals surface area contributed by atoms with Gasteiger partial charge in [-0.3, -0.25) is 4.90 Å². The molecule has 2 N–H and O–H groups in total. The van der Waals surface area contributed by atoms with Crippen LogP contribution in [0, 0.1) is 12.3 Å². The third kappa shape index (κ3) is 5.82. The maximum Gasteiger partial charge on any atom is 0.417 e. The van der Waals surface area contributed by atoms with Crippen LogP contribution in [0.3, 0.4) is 0 Å². The molecule has 1 rings (SSSR count). The average molecular weight is 301 g/mol. The molecule has 0 saturated carbocycles. The van der Waals surface area contributed by atoms with E-state index in [1.165, 1.54) is 6.92 Å². The van der Waals surface area contributed by atoms with Crippen LogP contribution in [0.4, 0.5) is 13.2 Å². The number of allylic oxidation sites excluding steroid dienone is 3. The van der Waals surface area contributed by atoms with Crippen molar-refractivity contribution in [2.24, 2.45) is 5.73 Å². The minimum absolute atomic E-state index is 0.0585. The van der Waals surface area contributed by atoms with Gasteiger partial charge in [0.2, 0.25) is 0 Å². The predicted octanol–water partition coefficient (Wildman–Crippen LogP) is 1.98. The minimum atomic E-state index is -4.50. The number of nitrogens with zero attached hydrogens (tertiary/aromatic N) is 2. The molecule has 1 saturated heterocycles. The molecule has 1 heterocycles. The normalized spacial score (nSPS) is 20.7. The van der Waals surface area contributed by atoms with E-state index in [0.717, 1.165) is 32.1 Å². The molecule has 0 spiro atoms. The number of likely N-dealkylation sites (N-methyl/N-ethyl adjacent to an activating group) is 1. The molecule has 0 radical (unpaired) electrons. The van der Waals surface area contributed by atoms with Gasteiger partial charge in [0.1, 0.15) is 0 Å². The zero-order valence-corrected chi connectivity index (χ0v) is 12.5. The van der Waals surface area contributed by atoms with Crippen molar-refractivity contribution in [1.82, 2.24) is 9.80 Å². The van der Waals surface area contributed by atoms with Gasteiger partial charge in [-0.2, -0.15) is 13.2 Å². The number of hydrogen-bond acceptors (Lipinski definition) is 3. The lowest BCUT2D eigenvalue weighted by molar-refractivity contribution is -0.0890. The first-order valence-electron chi connectivity index (χ1n) is 6.85. The lowest BCUT2D eigenvalue weighted by Gasteiger charge is -2.22. The average Bonchev–Trinajstić information content (AvgIpc) is 2.57. The molecule has 1 aliphatic heterocycles. The molecule has 21 heavy (non-hydrogen) atoms. The van der Waals surface area contributed by atoms with Crippen LogP contribution in [0.15, 0.2) is 22.9 Å². The van der Waals surface area contributed by atoms with Gasteiger partial charge in [0.15, 0.2) is 0 Å². The highest BCUT2D eigenvalue weighted by Crippen LogP contribution is 2.30. The number of terminal acetylenes is 1. The molecule has 0 amide bonds. The monoisotopic (exact) mass is 301 g/mol. The summed E-state index contributed by atoms with van der Waals surface area (Å²) in [4.78, 5) is 4.12. The van der Waals surface area contributed by atoms with Crippen LogP contribution in [-0.4, -0.2) is 55.7 Å². The second kappa shape index (κ2) is 7.53. The lowest BCUT2D eigenvalue weighted by Crippen LogP contribution is -2.31. The molecule has 0 aromatic rings. The van der Waals surface area contributed by atoms with Crippen molar-refractivity contribution < 1.29 is 13.2 Å². The standard InChI is InChI=1S/C15H22F3N3/c1-4-13(14(10-12(2)19)15(16,17)18)11-21-7-5-6-20(3)8-9-21/h1,10H,5-9,11,19H2,2-3H3/b12-10+,14-13-. The van der Waals surface area contributed by atoms with Gasteiger partial charge < -0.3 is 10.6 Å². The van der Waals surface area contributed by atoms with E-state index in [4.69, 9.17) is 12.2 Å². The van der Waals surface area contributed by atoms with Crippen molar-refractivity contribution in [3.05, 3.63) is 22.9 Å². The molecule has 0 aromatic heterocycles. The van der Waals surface area contributed by atoms with E-state index in [1.54, 1.807) is 0 Å². The zero-order chi connectivity index (χ0) is 16.0. The topological polar surface area (TPSA) is 32.5 Å². The molecule has 0 aliphatic carbocycles. The first-order valence-corrected chi connectivity index (χ1v) is 6.85. The highest BCUT2D eigenvalue weighted by molar-refractivity contribution is 5.42. The van der Waals surface area contributed by atoms with E-state index in [9.17, 15) is 13.2 Å². The Balaban J connectivity index is 3.00. The summed E-state index contributed by atoms with van der Waals surface area (Å²) in [6.07, 6.45) is 2.65. The summed E-state index contributed by atoms with van der Waals surface area (Å²) >= 11 is 0. The van der Waals surface area contributed by atoms with Gasteiger partial charge in [-0.1, -0.05) is 5.92 Å². The Hall–Kier alpha value is -1.45. The van der Waals surface area contributed by atoms with Crippen molar-refractivity contribution in [2.45, 2.75) is 19.5 Å². The van der Waals surface area contributed by atoms with Crippen LogP contribution in [0.1, 0.15) is 13.3 Å². The second-order valence-corrected chi connectivity index (χ2v) is 5.36. The van der Waals surface area contributed by atoms with Crippen molar-refractivity contribution in [3.63, 3.8) is 0 Å². The molecule has 0 unspecified atom stereocenters. The fourth-order valence-corrected chi connectivity index (χ4v) is 2.26. The lowest BCUT2D eigenvalue weighted by atomic mass is 10.1. The Morgan fingerprint density at radius 3 is 2.48 bits per heavy atom. The van der Waals surface area contributed by atoms with Crippen molar-refractivity contribution in [1.29, 1.82) is 0 Å². The van der Waals surface area contributed by atoms with Gasteiger partial charge in [-0.15, -0.1) is 6.42 Å². The first kappa shape index (κ1) is 17.6. The van der Waals surface area contributed by atoms with Gasteiger partial charge >= 0.3 is 6.18 Å². The Morgan fingerprint density at radius 2 is 1.95 bits per heavy atom. The largest absolute Gasteiger partial charge is 0.417 e. The smallest absolute Gasteiger partial charge is 0.402 e. The third-order valence-electron chi connectivity index (χ3n) is 3.37. The molecule has 0 atom stereocenters. The van der Waals surface area contributed by atoms with Crippen molar-refractivity contribution >= 4 is 0 Å². The van der Waals surface area contributed by atoms with Crippen LogP contribution in [0.2, 0.25) is 0 Å². The van der Waals surface area contributed by atoms with E-state index in [-0.39, 0.29) is 17.8 Å². The SMILES string of the molecule is C#C/C(CN1CCCN(C)CC1)=C(\C=C(/C)N)C(F)(F)F. The fraction of sp³-hybridized carbons (Fsp3) is 0.600. The first-order chi connectivity index (χ1) is 9.74. The van der Waals surface area contributed by atoms with Gasteiger partial charge in [0.25, 0.3) is 0 Å². The molecular weight excluding hydrogens is 279 g/mol. The quantitative estimate of drug-likeness (QED) is 0.639. The van der Waals surface area contributed by atoms with Crippen LogP contribution >= 0.6 is 0 Å². The second-order valence-electron chi connectivity index (χ2n) is 5.36. The van der Waals surface area contributed by atoms with Crippen molar-refractivity contribution in [3.8, 4) is 12.3 Å². The number of rotatable bonds is 3. The van der Waals surface area contributed by atoms with E-state index in [2.05, 4.69) is 10.8 Å². The summed E-state index contributed by atoms with van der Waals surface area (Å²) in [7, 11) is 2.00. The maximum atomic E-state index is 13.1. The van der Waals surface area contributed by atoms with E-state index < -0.39 is 11.7 Å². The minimum Gasteiger partial charge on any atom is -0.402 e. The molecular formula is C15H22F3N3. The Kier molecular flexibility index (Phi) is 6.31. The summed E-state index contributed by atoms with van der Waals surface area (Å²) in [5.41, 5.74) is 4.61. The summed E-state index contributed by atoms with van der Waals surface area (Å²) in [6.45, 7) is 4.76. The van der Waals surface area contributed by atoms with E-state index >= 15 is 0 Å². The molecule has 1 fully saturated rings. The van der Waals surface area contributed by atoms with Crippen LogP contribution in [0.5, 0.6) is 0 Å². The molecule has 118 valence electrons. The molecule has 0 aromatic carbocycles. The number of nitrogens with two attached hydrogens (primary N) is 1. The van der Waals surface area contributed by atoms with Gasteiger partial charge in [0, 0.05) is 30.9 Å².